The van der Waals surface area contributed by atoms with E-state index in [0.717, 1.165) is 19.2 Å². The molecule has 0 aromatic carbocycles. The molecule has 2 amide bonds. The van der Waals surface area contributed by atoms with Crippen molar-refractivity contribution in [1.82, 2.24) is 19.0 Å². The zero-order chi connectivity index (χ0) is 16.8. The van der Waals surface area contributed by atoms with E-state index >= 15 is 0 Å². The van der Waals surface area contributed by atoms with Crippen LogP contribution in [0.15, 0.2) is 0 Å². The Morgan fingerprint density at radius 1 is 1.14 bits per heavy atom. The van der Waals surface area contributed by atoms with E-state index in [1.807, 2.05) is 19.0 Å². The van der Waals surface area contributed by atoms with Crippen LogP contribution in [0.1, 0.15) is 6.42 Å². The van der Waals surface area contributed by atoms with Gasteiger partial charge in [-0.2, -0.15) is 4.31 Å². The average Bonchev–Trinajstić information content (AvgIpc) is 2.44. The van der Waals surface area contributed by atoms with Gasteiger partial charge in [0.25, 0.3) is 0 Å². The van der Waals surface area contributed by atoms with Crippen molar-refractivity contribution >= 4 is 22.3 Å². The Labute approximate surface area is 132 Å². The van der Waals surface area contributed by atoms with Crippen LogP contribution in [0.5, 0.6) is 0 Å². The molecule has 1 rings (SSSR count). The number of rotatable bonds is 8. The number of hydrogen-bond acceptors (Lipinski definition) is 5. The van der Waals surface area contributed by atoms with Crippen molar-refractivity contribution in [2.24, 2.45) is 0 Å². The molecule has 0 spiro atoms. The SMILES string of the molecule is CN(C)CCCN(CC(=O)N1CCN(C=O)CC1)S(C)(=O)=O. The summed E-state index contributed by atoms with van der Waals surface area (Å²) < 4.78 is 24.8. The molecular weight excluding hydrogens is 308 g/mol. The van der Waals surface area contributed by atoms with E-state index in [0.29, 0.717) is 39.1 Å². The van der Waals surface area contributed by atoms with Crippen LogP contribution in [0, 0.1) is 0 Å². The third-order valence-electron chi connectivity index (χ3n) is 3.61. The lowest BCUT2D eigenvalue weighted by Crippen LogP contribution is -2.51. The molecule has 0 aliphatic carbocycles. The highest BCUT2D eigenvalue weighted by molar-refractivity contribution is 7.88. The second kappa shape index (κ2) is 8.44. The van der Waals surface area contributed by atoms with Crippen LogP contribution in [0.25, 0.3) is 0 Å². The van der Waals surface area contributed by atoms with E-state index in [9.17, 15) is 18.0 Å². The monoisotopic (exact) mass is 334 g/mol. The number of carbonyl (C=O) groups is 2. The first-order chi connectivity index (χ1) is 10.2. The lowest BCUT2D eigenvalue weighted by atomic mass is 10.3. The summed E-state index contributed by atoms with van der Waals surface area (Å²) >= 11 is 0. The highest BCUT2D eigenvalue weighted by Crippen LogP contribution is 2.05. The van der Waals surface area contributed by atoms with Crippen LogP contribution in [0.2, 0.25) is 0 Å². The van der Waals surface area contributed by atoms with E-state index in [2.05, 4.69) is 0 Å². The van der Waals surface area contributed by atoms with Crippen LogP contribution in [-0.2, 0) is 19.6 Å². The van der Waals surface area contributed by atoms with Gasteiger partial charge in [0.15, 0.2) is 0 Å². The zero-order valence-corrected chi connectivity index (χ0v) is 14.4. The lowest BCUT2D eigenvalue weighted by Gasteiger charge is -2.33. The van der Waals surface area contributed by atoms with Gasteiger partial charge in [-0.15, -0.1) is 0 Å². The molecule has 0 N–H and O–H groups in total. The van der Waals surface area contributed by atoms with Gasteiger partial charge in [0.2, 0.25) is 22.3 Å². The number of sulfonamides is 1. The molecule has 8 nitrogen and oxygen atoms in total. The molecule has 1 saturated heterocycles. The normalized spacial score (nSPS) is 16.4. The molecule has 9 heteroatoms. The number of hydrogen-bond donors (Lipinski definition) is 0. The molecule has 22 heavy (non-hydrogen) atoms. The Balaban J connectivity index is 2.54. The van der Waals surface area contributed by atoms with E-state index in [4.69, 9.17) is 0 Å². The molecule has 0 atom stereocenters. The first-order valence-corrected chi connectivity index (χ1v) is 9.16. The number of amides is 2. The van der Waals surface area contributed by atoms with Gasteiger partial charge in [-0.25, -0.2) is 8.42 Å². The maximum atomic E-state index is 12.2. The van der Waals surface area contributed by atoms with Crippen molar-refractivity contribution in [3.8, 4) is 0 Å². The fraction of sp³-hybridized carbons (Fsp3) is 0.846. The minimum atomic E-state index is -3.41. The topological polar surface area (TPSA) is 81.2 Å². The van der Waals surface area contributed by atoms with E-state index in [1.54, 1.807) is 9.80 Å². The fourth-order valence-corrected chi connectivity index (χ4v) is 3.06. The summed E-state index contributed by atoms with van der Waals surface area (Å²) in [6.07, 6.45) is 2.57. The molecule has 0 radical (unpaired) electrons. The second-order valence-electron chi connectivity index (χ2n) is 5.78. The smallest absolute Gasteiger partial charge is 0.238 e. The maximum absolute atomic E-state index is 12.2. The van der Waals surface area contributed by atoms with Gasteiger partial charge in [-0.1, -0.05) is 0 Å². The van der Waals surface area contributed by atoms with Crippen molar-refractivity contribution in [3.05, 3.63) is 0 Å². The molecular formula is C13H26N4O4S. The maximum Gasteiger partial charge on any atom is 0.238 e. The van der Waals surface area contributed by atoms with Crippen molar-refractivity contribution < 1.29 is 18.0 Å². The summed E-state index contributed by atoms with van der Waals surface area (Å²) in [6, 6.07) is 0. The molecule has 0 saturated carbocycles. The summed E-state index contributed by atoms with van der Waals surface area (Å²) in [4.78, 5) is 28.1. The van der Waals surface area contributed by atoms with Gasteiger partial charge in [-0.3, -0.25) is 9.59 Å². The van der Waals surface area contributed by atoms with Crippen LogP contribution in [-0.4, -0.2) is 106 Å². The Kier molecular flexibility index (Phi) is 7.24. The number of piperazine rings is 1. The zero-order valence-electron chi connectivity index (χ0n) is 13.6. The molecule has 1 aliphatic heterocycles. The third-order valence-corrected chi connectivity index (χ3v) is 4.86. The van der Waals surface area contributed by atoms with Crippen LogP contribution in [0.3, 0.4) is 0 Å². The van der Waals surface area contributed by atoms with Gasteiger partial charge in [-0.05, 0) is 27.1 Å². The lowest BCUT2D eigenvalue weighted by molar-refractivity contribution is -0.135. The average molecular weight is 334 g/mol. The molecule has 128 valence electrons. The van der Waals surface area contributed by atoms with E-state index in [-0.39, 0.29) is 12.5 Å². The van der Waals surface area contributed by atoms with Gasteiger partial charge in [0, 0.05) is 32.7 Å². The van der Waals surface area contributed by atoms with Crippen LogP contribution >= 0.6 is 0 Å². The molecule has 1 heterocycles. The van der Waals surface area contributed by atoms with Gasteiger partial charge in [0.1, 0.15) is 0 Å². The predicted octanol–water partition coefficient (Wildman–Crippen LogP) is -1.50. The summed E-state index contributed by atoms with van der Waals surface area (Å²) in [6.45, 7) is 2.85. The largest absolute Gasteiger partial charge is 0.342 e. The van der Waals surface area contributed by atoms with Gasteiger partial charge < -0.3 is 14.7 Å². The summed E-state index contributed by atoms with van der Waals surface area (Å²) in [7, 11) is 0.427. The molecule has 0 aromatic rings. The van der Waals surface area contributed by atoms with Gasteiger partial charge in [0.05, 0.1) is 12.8 Å². The Bertz CT molecular complexity index is 472. The van der Waals surface area contributed by atoms with Crippen LogP contribution in [0.4, 0.5) is 0 Å². The summed E-state index contributed by atoms with van der Waals surface area (Å²) in [5, 5.41) is 0. The van der Waals surface area contributed by atoms with Gasteiger partial charge >= 0.3 is 0 Å². The first kappa shape index (κ1) is 18.9. The highest BCUT2D eigenvalue weighted by Gasteiger charge is 2.25. The first-order valence-electron chi connectivity index (χ1n) is 7.31. The molecule has 1 fully saturated rings. The van der Waals surface area contributed by atoms with Crippen molar-refractivity contribution in [2.45, 2.75) is 6.42 Å². The molecule has 0 aromatic heterocycles. The van der Waals surface area contributed by atoms with Crippen molar-refractivity contribution in [3.63, 3.8) is 0 Å². The third kappa shape index (κ3) is 6.29. The Hall–Kier alpha value is -1.19. The van der Waals surface area contributed by atoms with Crippen LogP contribution < -0.4 is 0 Å². The quantitative estimate of drug-likeness (QED) is 0.505. The second-order valence-corrected chi connectivity index (χ2v) is 7.76. The summed E-state index contributed by atoms with van der Waals surface area (Å²) in [5.74, 6) is -0.208. The minimum Gasteiger partial charge on any atom is -0.342 e. The predicted molar refractivity (Wildman–Crippen MR) is 83.8 cm³/mol. The fourth-order valence-electron chi connectivity index (χ4n) is 2.25. The van der Waals surface area contributed by atoms with E-state index in [1.165, 1.54) is 4.31 Å². The standard InChI is InChI=1S/C13H26N4O4S/c1-14(2)5-4-6-17(22(3,20)21)11-13(19)16-9-7-15(12-18)8-10-16/h12H,4-11H2,1-3H3. The van der Waals surface area contributed by atoms with Crippen molar-refractivity contribution in [1.29, 1.82) is 0 Å². The van der Waals surface area contributed by atoms with Crippen molar-refractivity contribution in [2.75, 3.05) is 66.2 Å². The number of carbonyl (C=O) groups excluding carboxylic acids is 2. The minimum absolute atomic E-state index is 0.132. The summed E-state index contributed by atoms with van der Waals surface area (Å²) in [5.41, 5.74) is 0. The molecule has 1 aliphatic rings. The Morgan fingerprint density at radius 2 is 1.73 bits per heavy atom. The molecule has 0 bridgehead atoms. The van der Waals surface area contributed by atoms with E-state index < -0.39 is 10.0 Å². The molecule has 0 unspecified atom stereocenters. The Morgan fingerprint density at radius 3 is 2.18 bits per heavy atom. The highest BCUT2D eigenvalue weighted by atomic mass is 32.2. The number of nitrogens with zero attached hydrogens (tertiary/aromatic N) is 4.